The number of carbonyl (C=O) groups is 1. The molecule has 1 aliphatic rings. The van der Waals surface area contributed by atoms with Crippen LogP contribution < -0.4 is 4.74 Å². The average Bonchev–Trinajstić information content (AvgIpc) is 3.44. The molecule has 1 saturated heterocycles. The fraction of sp³-hybridized carbons (Fsp3) is 0.320. The highest BCUT2D eigenvalue weighted by Crippen LogP contribution is 2.18. The van der Waals surface area contributed by atoms with Crippen LogP contribution in [0.15, 0.2) is 54.2 Å². The van der Waals surface area contributed by atoms with E-state index in [1.165, 1.54) is 0 Å². The lowest BCUT2D eigenvalue weighted by Gasteiger charge is -2.34. The molecule has 1 amide bonds. The second-order valence-corrected chi connectivity index (χ2v) is 9.46. The number of ether oxygens (including phenoxy) is 1. The summed E-state index contributed by atoms with van der Waals surface area (Å²) in [4.78, 5) is 26.4. The van der Waals surface area contributed by atoms with Gasteiger partial charge in [-0.25, -0.2) is 9.97 Å². The number of imidazole rings is 1. The van der Waals surface area contributed by atoms with Crippen molar-refractivity contribution in [2.45, 2.75) is 27.0 Å². The predicted molar refractivity (Wildman–Crippen MR) is 129 cm³/mol. The number of fused-ring (bicyclic) bond motifs is 1. The van der Waals surface area contributed by atoms with Gasteiger partial charge in [-0.05, 0) is 49.7 Å². The molecule has 0 unspecified atom stereocenters. The molecule has 5 rings (SSSR count). The van der Waals surface area contributed by atoms with Crippen LogP contribution in [0.1, 0.15) is 32.3 Å². The lowest BCUT2D eigenvalue weighted by molar-refractivity contribution is 0.0627. The van der Waals surface area contributed by atoms with Crippen LogP contribution in [0.25, 0.3) is 5.65 Å². The molecular weight excluding hydrogens is 434 g/mol. The van der Waals surface area contributed by atoms with E-state index >= 15 is 0 Å². The highest BCUT2D eigenvalue weighted by Gasteiger charge is 2.22. The summed E-state index contributed by atoms with van der Waals surface area (Å²) in [5.41, 5.74) is 4.75. The van der Waals surface area contributed by atoms with E-state index in [-0.39, 0.29) is 5.91 Å². The number of thiazole rings is 1. The molecular formula is C25H27N5O2S. The van der Waals surface area contributed by atoms with E-state index in [9.17, 15) is 4.79 Å². The quantitative estimate of drug-likeness (QED) is 0.435. The van der Waals surface area contributed by atoms with Gasteiger partial charge in [0.1, 0.15) is 18.0 Å². The Morgan fingerprint density at radius 1 is 1.03 bits per heavy atom. The fourth-order valence-electron chi connectivity index (χ4n) is 4.13. The van der Waals surface area contributed by atoms with Gasteiger partial charge in [0, 0.05) is 56.1 Å². The SMILES string of the molecule is Cc1nc(CN2CCN(C(=O)c3ccc(OCc4cn5cccc(C)c5n4)cc3)CC2)cs1. The third-order valence-electron chi connectivity index (χ3n) is 5.93. The number of nitrogens with zero attached hydrogens (tertiary/aromatic N) is 5. The molecule has 4 heterocycles. The molecule has 33 heavy (non-hydrogen) atoms. The highest BCUT2D eigenvalue weighted by molar-refractivity contribution is 7.09. The number of carbonyl (C=O) groups excluding carboxylic acids is 1. The number of benzene rings is 1. The van der Waals surface area contributed by atoms with Gasteiger partial charge in [0.05, 0.1) is 16.4 Å². The van der Waals surface area contributed by atoms with E-state index in [0.717, 1.165) is 66.1 Å². The molecule has 0 bridgehead atoms. The van der Waals surface area contributed by atoms with E-state index < -0.39 is 0 Å². The molecule has 0 radical (unpaired) electrons. The molecule has 7 nitrogen and oxygen atoms in total. The first-order chi connectivity index (χ1) is 16.0. The third-order valence-corrected chi connectivity index (χ3v) is 6.75. The number of piperazine rings is 1. The van der Waals surface area contributed by atoms with Crippen molar-refractivity contribution < 1.29 is 9.53 Å². The van der Waals surface area contributed by atoms with Gasteiger partial charge in [-0.15, -0.1) is 11.3 Å². The molecule has 8 heteroatoms. The van der Waals surface area contributed by atoms with Crippen LogP contribution >= 0.6 is 11.3 Å². The summed E-state index contributed by atoms with van der Waals surface area (Å²) in [5.74, 6) is 0.797. The maximum Gasteiger partial charge on any atom is 0.253 e. The Hall–Kier alpha value is -3.23. The number of amides is 1. The average molecular weight is 462 g/mol. The molecule has 0 atom stereocenters. The Morgan fingerprint density at radius 2 is 1.82 bits per heavy atom. The first-order valence-corrected chi connectivity index (χ1v) is 12.0. The van der Waals surface area contributed by atoms with Gasteiger partial charge >= 0.3 is 0 Å². The zero-order chi connectivity index (χ0) is 22.8. The van der Waals surface area contributed by atoms with Crippen LogP contribution in [-0.2, 0) is 13.2 Å². The first-order valence-electron chi connectivity index (χ1n) is 11.1. The standard InChI is InChI=1S/C25H27N5O2S/c1-18-4-3-9-30-15-21(27-24(18)30)16-32-23-7-5-20(6-8-23)25(31)29-12-10-28(11-13-29)14-22-17-33-19(2)26-22/h3-9,15,17H,10-14,16H2,1-2H3. The van der Waals surface area contributed by atoms with Crippen molar-refractivity contribution in [2.24, 2.45) is 0 Å². The number of aryl methyl sites for hydroxylation is 2. The van der Waals surface area contributed by atoms with E-state index in [4.69, 9.17) is 4.74 Å². The van der Waals surface area contributed by atoms with Crippen molar-refractivity contribution in [3.8, 4) is 5.75 Å². The van der Waals surface area contributed by atoms with Crippen LogP contribution in [-0.4, -0.2) is 56.3 Å². The minimum absolute atomic E-state index is 0.0709. The molecule has 1 aromatic carbocycles. The summed E-state index contributed by atoms with van der Waals surface area (Å²) in [6.07, 6.45) is 3.97. The van der Waals surface area contributed by atoms with Crippen LogP contribution in [0, 0.1) is 13.8 Å². The van der Waals surface area contributed by atoms with Crippen LogP contribution in [0.2, 0.25) is 0 Å². The van der Waals surface area contributed by atoms with Crippen LogP contribution in [0.5, 0.6) is 5.75 Å². The minimum Gasteiger partial charge on any atom is -0.487 e. The van der Waals surface area contributed by atoms with Crippen molar-refractivity contribution in [1.82, 2.24) is 24.2 Å². The van der Waals surface area contributed by atoms with Crippen molar-refractivity contribution in [2.75, 3.05) is 26.2 Å². The first kappa shape index (κ1) is 21.6. The number of hydrogen-bond acceptors (Lipinski definition) is 6. The van der Waals surface area contributed by atoms with Gasteiger partial charge in [0.15, 0.2) is 0 Å². The van der Waals surface area contributed by atoms with Gasteiger partial charge in [-0.2, -0.15) is 0 Å². The van der Waals surface area contributed by atoms with Crippen molar-refractivity contribution >= 4 is 22.9 Å². The lowest BCUT2D eigenvalue weighted by Crippen LogP contribution is -2.48. The van der Waals surface area contributed by atoms with Crippen molar-refractivity contribution in [3.05, 3.63) is 81.7 Å². The van der Waals surface area contributed by atoms with Crippen LogP contribution in [0.4, 0.5) is 0 Å². The largest absolute Gasteiger partial charge is 0.487 e. The summed E-state index contributed by atoms with van der Waals surface area (Å²) in [6, 6.07) is 11.5. The summed E-state index contributed by atoms with van der Waals surface area (Å²) in [6.45, 7) is 8.50. The smallest absolute Gasteiger partial charge is 0.253 e. The maximum absolute atomic E-state index is 12.9. The van der Waals surface area contributed by atoms with Gasteiger partial charge in [-0.3, -0.25) is 9.69 Å². The zero-order valence-electron chi connectivity index (χ0n) is 18.9. The minimum atomic E-state index is 0.0709. The Bertz CT molecular complexity index is 1260. The van der Waals surface area contributed by atoms with Gasteiger partial charge in [-0.1, -0.05) is 6.07 Å². The lowest BCUT2D eigenvalue weighted by atomic mass is 10.1. The normalized spacial score (nSPS) is 14.7. The summed E-state index contributed by atoms with van der Waals surface area (Å²) in [5, 5.41) is 3.21. The van der Waals surface area contributed by atoms with Crippen LogP contribution in [0.3, 0.4) is 0 Å². The Labute approximate surface area is 197 Å². The second kappa shape index (κ2) is 9.33. The predicted octanol–water partition coefficient (Wildman–Crippen LogP) is 3.94. The zero-order valence-corrected chi connectivity index (χ0v) is 19.7. The number of aromatic nitrogens is 3. The molecule has 0 spiro atoms. The molecule has 4 aromatic rings. The van der Waals surface area contributed by atoms with E-state index in [2.05, 4.69) is 20.2 Å². The topological polar surface area (TPSA) is 63.0 Å². The molecule has 0 aliphatic carbocycles. The molecule has 0 N–H and O–H groups in total. The maximum atomic E-state index is 12.9. The van der Waals surface area contributed by atoms with E-state index in [1.54, 1.807) is 11.3 Å². The summed E-state index contributed by atoms with van der Waals surface area (Å²) >= 11 is 1.68. The fourth-order valence-corrected chi connectivity index (χ4v) is 4.73. The van der Waals surface area contributed by atoms with E-state index in [0.29, 0.717) is 12.2 Å². The Morgan fingerprint density at radius 3 is 2.52 bits per heavy atom. The molecule has 0 saturated carbocycles. The molecule has 1 fully saturated rings. The Balaban J connectivity index is 1.14. The van der Waals surface area contributed by atoms with E-state index in [1.807, 2.05) is 71.9 Å². The third kappa shape index (κ3) is 4.91. The number of hydrogen-bond donors (Lipinski definition) is 0. The highest BCUT2D eigenvalue weighted by atomic mass is 32.1. The van der Waals surface area contributed by atoms with Gasteiger partial charge < -0.3 is 14.0 Å². The number of pyridine rings is 1. The van der Waals surface area contributed by atoms with Crippen molar-refractivity contribution in [3.63, 3.8) is 0 Å². The summed E-state index contributed by atoms with van der Waals surface area (Å²) < 4.78 is 7.91. The molecule has 170 valence electrons. The summed E-state index contributed by atoms with van der Waals surface area (Å²) in [7, 11) is 0. The number of rotatable bonds is 6. The van der Waals surface area contributed by atoms with Crippen molar-refractivity contribution in [1.29, 1.82) is 0 Å². The van der Waals surface area contributed by atoms with Gasteiger partial charge in [0.25, 0.3) is 5.91 Å². The Kier molecular flexibility index (Phi) is 6.11. The molecule has 3 aromatic heterocycles. The monoisotopic (exact) mass is 461 g/mol. The molecule has 1 aliphatic heterocycles. The second-order valence-electron chi connectivity index (χ2n) is 8.39. The van der Waals surface area contributed by atoms with Gasteiger partial charge in [0.2, 0.25) is 0 Å².